The molecular weight excluding hydrogens is 1040 g/mol. The van der Waals surface area contributed by atoms with Gasteiger partial charge in [0.1, 0.15) is 49.8 Å². The number of azide groups is 1. The maximum absolute atomic E-state index is 15.8. The van der Waals surface area contributed by atoms with Crippen LogP contribution in [-0.4, -0.2) is 145 Å². The van der Waals surface area contributed by atoms with Gasteiger partial charge in [0.2, 0.25) is 6.10 Å². The highest BCUT2D eigenvalue weighted by atomic mass is 16.6. The number of unbranched alkanes of at least 4 members (excludes halogenated alkanes) is 3. The van der Waals surface area contributed by atoms with Gasteiger partial charge in [0.05, 0.1) is 29.6 Å². The van der Waals surface area contributed by atoms with Gasteiger partial charge in [-0.3, -0.25) is 24.0 Å². The van der Waals surface area contributed by atoms with E-state index in [1.54, 1.807) is 66.7 Å². The van der Waals surface area contributed by atoms with Gasteiger partial charge in [-0.1, -0.05) is 98.5 Å². The van der Waals surface area contributed by atoms with E-state index in [-0.39, 0.29) is 54.1 Å². The quantitative estimate of drug-likeness (QED) is 0.0183. The normalized spacial score (nSPS) is 27.1. The number of nitrogens with zero attached hydrogens (tertiary/aromatic N) is 3. The SMILES string of the molecule is CC(=O)O[C@H]1C(=O)[C@@]2(C)C([C@H](OC(=O)c3ccccc3)[C@]3(O)C[C@H](OC(=O)[C@H](OC(=O)COCC(=O)COCCCCCCN=[N+]=[N-])[C@@H](NC(=O)c4ccccc4)c4ccccc4)C(C)=C1C3(C)C)[C@]1(OC(C)=O)CO[C@@H]1C[C@@H]2O. The summed E-state index contributed by atoms with van der Waals surface area (Å²) >= 11 is 0. The largest absolute Gasteiger partial charge is 0.455 e. The second-order valence-electron chi connectivity index (χ2n) is 21.3. The van der Waals surface area contributed by atoms with Gasteiger partial charge in [-0.25, -0.2) is 14.4 Å². The molecule has 3 N–H and O–H groups in total. The lowest BCUT2D eigenvalue weighted by molar-refractivity contribution is -0.346. The molecule has 3 aromatic rings. The summed E-state index contributed by atoms with van der Waals surface area (Å²) in [5.74, 6) is -9.00. The molecule has 1 unspecified atom stereocenters. The van der Waals surface area contributed by atoms with Gasteiger partial charge in [-0.2, -0.15) is 0 Å². The number of nitrogens with one attached hydrogen (secondary N) is 1. The molecule has 4 aliphatic rings. The molecule has 1 aliphatic heterocycles. The highest BCUT2D eigenvalue weighted by molar-refractivity contribution is 5.96. The molecule has 1 saturated heterocycles. The van der Waals surface area contributed by atoms with Crippen LogP contribution in [0.3, 0.4) is 0 Å². The zero-order valence-electron chi connectivity index (χ0n) is 45.5. The minimum Gasteiger partial charge on any atom is -0.455 e. The lowest BCUT2D eigenvalue weighted by Crippen LogP contribution is -2.82. The first kappa shape index (κ1) is 60.3. The number of rotatable bonds is 24. The Balaban J connectivity index is 1.28. The number of ketones is 2. The third-order valence-electron chi connectivity index (χ3n) is 15.8. The predicted molar refractivity (Wildman–Crippen MR) is 281 cm³/mol. The van der Waals surface area contributed by atoms with E-state index in [9.17, 15) is 39.0 Å². The number of fused-ring (bicyclic) bond motifs is 5. The van der Waals surface area contributed by atoms with Gasteiger partial charge in [0.25, 0.3) is 5.91 Å². The molecule has 0 spiro atoms. The second kappa shape index (κ2) is 25.9. The topological polar surface area (TPSA) is 312 Å². The van der Waals surface area contributed by atoms with E-state index in [2.05, 4.69) is 15.3 Å². The molecule has 22 heteroatoms. The van der Waals surface area contributed by atoms with Gasteiger partial charge >= 0.3 is 29.8 Å². The summed E-state index contributed by atoms with van der Waals surface area (Å²) in [7, 11) is 0. The summed E-state index contributed by atoms with van der Waals surface area (Å²) in [6, 6.07) is 22.2. The molecule has 1 heterocycles. The third kappa shape index (κ3) is 12.7. The Morgan fingerprint density at radius 2 is 1.44 bits per heavy atom. The first-order chi connectivity index (χ1) is 38.1. The molecule has 0 aromatic heterocycles. The minimum atomic E-state index is -2.52. The lowest BCUT2D eigenvalue weighted by Gasteiger charge is -2.67. The monoisotopic (exact) mass is 1110 g/mol. The molecule has 2 bridgehead atoms. The zero-order valence-corrected chi connectivity index (χ0v) is 45.5. The van der Waals surface area contributed by atoms with Crippen molar-refractivity contribution in [2.45, 2.75) is 134 Å². The average molecular weight is 1110 g/mol. The summed E-state index contributed by atoms with van der Waals surface area (Å²) in [6.07, 6.45) is -8.24. The summed E-state index contributed by atoms with van der Waals surface area (Å²) in [6.45, 7) is 6.61. The van der Waals surface area contributed by atoms with Crippen LogP contribution in [0.25, 0.3) is 10.4 Å². The Morgan fingerprint density at radius 3 is 2.05 bits per heavy atom. The number of hydrogen-bond acceptors (Lipinski definition) is 19. The van der Waals surface area contributed by atoms with Gasteiger partial charge in [-0.15, -0.1) is 0 Å². The van der Waals surface area contributed by atoms with Crippen LogP contribution in [-0.2, 0) is 66.7 Å². The number of carbonyl (C=O) groups is 8. The van der Waals surface area contributed by atoms with E-state index in [1.807, 2.05) is 0 Å². The van der Waals surface area contributed by atoms with Crippen molar-refractivity contribution >= 4 is 47.3 Å². The van der Waals surface area contributed by atoms with E-state index in [0.717, 1.165) is 33.1 Å². The van der Waals surface area contributed by atoms with Crippen LogP contribution in [0.4, 0.5) is 0 Å². The summed E-state index contributed by atoms with van der Waals surface area (Å²) < 4.78 is 47.6. The Hall–Kier alpha value is -7.33. The molecule has 2 saturated carbocycles. The number of Topliss-reactive ketones (excluding diaryl/α,β-unsaturated/α-hetero) is 2. The zero-order chi connectivity index (χ0) is 58.0. The van der Waals surface area contributed by atoms with E-state index < -0.39 is 138 Å². The summed E-state index contributed by atoms with van der Waals surface area (Å²) in [5, 5.41) is 32.5. The Morgan fingerprint density at radius 1 is 0.812 bits per heavy atom. The van der Waals surface area contributed by atoms with Crippen molar-refractivity contribution in [1.82, 2.24) is 5.32 Å². The number of hydrogen-bond donors (Lipinski definition) is 3. The maximum atomic E-state index is 15.8. The van der Waals surface area contributed by atoms with Crippen LogP contribution in [0, 0.1) is 16.7 Å². The third-order valence-corrected chi connectivity index (χ3v) is 15.8. The summed E-state index contributed by atoms with van der Waals surface area (Å²) in [5.41, 5.74) is 0.593. The van der Waals surface area contributed by atoms with E-state index >= 15 is 9.59 Å². The molecule has 22 nitrogen and oxygen atoms in total. The fraction of sp³-hybridized carbons (Fsp3) is 0.517. The van der Waals surface area contributed by atoms with Crippen LogP contribution < -0.4 is 5.32 Å². The smallest absolute Gasteiger partial charge is 0.350 e. The van der Waals surface area contributed by atoms with Crippen molar-refractivity contribution in [2.24, 2.45) is 21.9 Å². The molecule has 3 aliphatic carbocycles. The van der Waals surface area contributed by atoms with Gasteiger partial charge in [0.15, 0.2) is 23.3 Å². The average Bonchev–Trinajstić information content (AvgIpc) is 3.62. The maximum Gasteiger partial charge on any atom is 0.350 e. The van der Waals surface area contributed by atoms with E-state index in [0.29, 0.717) is 13.0 Å². The van der Waals surface area contributed by atoms with Crippen molar-refractivity contribution < 1.29 is 86.5 Å². The summed E-state index contributed by atoms with van der Waals surface area (Å²) in [4.78, 5) is 115. The van der Waals surface area contributed by atoms with Crippen molar-refractivity contribution in [3.05, 3.63) is 129 Å². The van der Waals surface area contributed by atoms with E-state index in [1.165, 1.54) is 52.0 Å². The molecule has 3 fully saturated rings. The van der Waals surface area contributed by atoms with Crippen molar-refractivity contribution in [3.63, 3.8) is 0 Å². The highest BCUT2D eigenvalue weighted by Gasteiger charge is 2.78. The van der Waals surface area contributed by atoms with Crippen molar-refractivity contribution in [2.75, 3.05) is 39.6 Å². The van der Waals surface area contributed by atoms with Crippen LogP contribution in [0.15, 0.2) is 107 Å². The Kier molecular flexibility index (Phi) is 19.5. The minimum absolute atomic E-state index is 0.0190. The Labute approximate surface area is 462 Å². The number of esters is 5. The fourth-order valence-electron chi connectivity index (χ4n) is 11.7. The van der Waals surface area contributed by atoms with Gasteiger partial charge in [-0.05, 0) is 73.2 Å². The molecule has 7 rings (SSSR count). The van der Waals surface area contributed by atoms with Crippen LogP contribution in [0.5, 0.6) is 0 Å². The highest BCUT2D eigenvalue weighted by Crippen LogP contribution is 2.64. The first-order valence-corrected chi connectivity index (χ1v) is 26.5. The molecule has 11 atom stereocenters. The molecule has 0 radical (unpaired) electrons. The number of aliphatic hydroxyl groups is 2. The van der Waals surface area contributed by atoms with Crippen molar-refractivity contribution in [1.29, 1.82) is 0 Å². The van der Waals surface area contributed by atoms with Crippen LogP contribution in [0.2, 0.25) is 0 Å². The van der Waals surface area contributed by atoms with Crippen LogP contribution in [0.1, 0.15) is 112 Å². The molecule has 80 heavy (non-hydrogen) atoms. The van der Waals surface area contributed by atoms with Crippen LogP contribution >= 0.6 is 0 Å². The predicted octanol–water partition coefficient (Wildman–Crippen LogP) is 5.76. The van der Waals surface area contributed by atoms with Crippen molar-refractivity contribution in [3.8, 4) is 0 Å². The first-order valence-electron chi connectivity index (χ1n) is 26.5. The lowest BCUT2D eigenvalue weighted by atomic mass is 9.44. The fourth-order valence-corrected chi connectivity index (χ4v) is 11.7. The number of carbonyl (C=O) groups excluding carboxylic acids is 8. The number of amides is 1. The number of ether oxygens (including phenoxy) is 8. The number of benzene rings is 3. The van der Waals surface area contributed by atoms with E-state index in [4.69, 9.17) is 43.4 Å². The standard InChI is InChI=1S/C58H68N4O18/c1-34-41(77-54(71)48(46(37-20-12-9-13-21-37)61-52(69)38-22-14-10-15-23-38)78-44(67)32-74-31-40(65)30-73-27-19-8-7-18-26-60-62-59)29-58(72)51(79-53(70)39-24-16-11-17-25-39)49-56(6,42(66)28-43-57(49,33-75-43)80-36(3)64)50(68)47(76-35(2)63)45(34)55(58,4)5/h9-17,20-25,41-43,46-49,51,66,72H,7-8,18-19,26-33H2,1-6H3,(H,61,69)/t41-,42-,43+,46-,47+,48+,49?,51-,56+,57-,58+/m0/s1. The molecule has 428 valence electrons. The Bertz CT molecular complexity index is 2860. The van der Waals surface area contributed by atoms with Gasteiger partial charge in [0, 0.05) is 55.7 Å². The molecule has 1 amide bonds. The molecule has 3 aromatic carbocycles. The number of aliphatic hydroxyl groups excluding tert-OH is 1. The van der Waals surface area contributed by atoms with Gasteiger partial charge < -0.3 is 53.4 Å². The second-order valence-corrected chi connectivity index (χ2v) is 21.3. The molecular formula is C58H68N4O18.